The molecule has 3 heteroatoms. The molecule has 0 unspecified atom stereocenters. The minimum atomic E-state index is 0. The molecule has 0 aliphatic carbocycles. The second kappa shape index (κ2) is 15.6. The summed E-state index contributed by atoms with van der Waals surface area (Å²) in [5.74, 6) is 2.83. The van der Waals surface area contributed by atoms with E-state index in [0.717, 1.165) is 0 Å². The van der Waals surface area contributed by atoms with Crippen molar-refractivity contribution in [3.63, 3.8) is 0 Å². The number of hydrogen-bond acceptors (Lipinski definition) is 2. The third kappa shape index (κ3) is 9.68. The van der Waals surface area contributed by atoms with Crippen molar-refractivity contribution < 1.29 is 35.8 Å². The number of thioether (sulfide) groups is 1. The fourth-order valence-electron chi connectivity index (χ4n) is 2.35. The van der Waals surface area contributed by atoms with Gasteiger partial charge in [-0.25, -0.2) is 0 Å². The van der Waals surface area contributed by atoms with Crippen LogP contribution in [-0.4, -0.2) is 18.3 Å². The SMILES string of the molecule is C1CCCCSCCC1.C=O.[H-].[Na+].c1ccc2ccccc2c1. The number of hydrogen-bond donors (Lipinski definition) is 0. The van der Waals surface area contributed by atoms with Crippen LogP contribution in [-0.2, 0) is 4.79 Å². The minimum Gasteiger partial charge on any atom is -1.00 e. The van der Waals surface area contributed by atoms with Gasteiger partial charge in [-0.05, 0) is 35.1 Å². The van der Waals surface area contributed by atoms with E-state index in [1.165, 1.54) is 60.8 Å². The summed E-state index contributed by atoms with van der Waals surface area (Å²) >= 11 is 2.14. The van der Waals surface area contributed by atoms with Crippen molar-refractivity contribution in [2.75, 3.05) is 11.5 Å². The summed E-state index contributed by atoms with van der Waals surface area (Å²) in [5, 5.41) is 2.62. The molecule has 1 heterocycles. The van der Waals surface area contributed by atoms with Gasteiger partial charge in [0, 0.05) is 0 Å². The number of fused-ring (bicyclic) bond motifs is 1. The number of carbonyl (C=O) groups excluding carboxylic acids is 1. The first-order chi connectivity index (χ1) is 10.5. The van der Waals surface area contributed by atoms with Crippen molar-refractivity contribution in [3.8, 4) is 0 Å². The summed E-state index contributed by atoms with van der Waals surface area (Å²) < 4.78 is 0. The molecule has 0 spiro atoms. The summed E-state index contributed by atoms with van der Waals surface area (Å²) in [5.41, 5.74) is 0. The Bertz CT molecular complexity index is 401. The molecule has 3 rings (SSSR count). The Morgan fingerprint density at radius 1 is 0.682 bits per heavy atom. The van der Waals surface area contributed by atoms with Crippen LogP contribution in [0, 0.1) is 0 Å². The predicted octanol–water partition coefficient (Wildman–Crippen LogP) is 2.85. The molecule has 1 aliphatic rings. The number of rotatable bonds is 0. The molecular formula is C19H27NaOS. The van der Waals surface area contributed by atoms with E-state index in [9.17, 15) is 0 Å². The van der Waals surface area contributed by atoms with Crippen LogP contribution in [0.5, 0.6) is 0 Å². The van der Waals surface area contributed by atoms with Crippen LogP contribution in [0.3, 0.4) is 0 Å². The minimum absolute atomic E-state index is 0. The molecule has 0 N–H and O–H groups in total. The fourth-order valence-corrected chi connectivity index (χ4v) is 3.37. The molecule has 1 nitrogen and oxygen atoms in total. The van der Waals surface area contributed by atoms with Crippen LogP contribution in [0.1, 0.15) is 40.0 Å². The van der Waals surface area contributed by atoms with Crippen molar-refractivity contribution in [1.29, 1.82) is 0 Å². The average molecular weight is 326 g/mol. The third-order valence-corrected chi connectivity index (χ3v) is 4.64. The average Bonchev–Trinajstić information content (AvgIpc) is 2.73. The second-order valence-electron chi connectivity index (χ2n) is 5.08. The zero-order valence-electron chi connectivity index (χ0n) is 14.8. The van der Waals surface area contributed by atoms with Gasteiger partial charge in [0.15, 0.2) is 0 Å². The van der Waals surface area contributed by atoms with E-state index in [0.29, 0.717) is 0 Å². The first-order valence-electron chi connectivity index (χ1n) is 7.77. The molecular weight excluding hydrogens is 299 g/mol. The summed E-state index contributed by atoms with van der Waals surface area (Å²) in [4.78, 5) is 8.00. The molecule has 0 bridgehead atoms. The molecule has 116 valence electrons. The quantitative estimate of drug-likeness (QED) is 0.693. The summed E-state index contributed by atoms with van der Waals surface area (Å²) in [6, 6.07) is 16.7. The van der Waals surface area contributed by atoms with Gasteiger partial charge in [-0.2, -0.15) is 11.8 Å². The smallest absolute Gasteiger partial charge is 1.00 e. The van der Waals surface area contributed by atoms with E-state index < -0.39 is 0 Å². The van der Waals surface area contributed by atoms with Gasteiger partial charge in [-0.1, -0.05) is 74.2 Å². The fraction of sp³-hybridized carbons (Fsp3) is 0.421. The van der Waals surface area contributed by atoms with E-state index in [1.54, 1.807) is 0 Å². The predicted molar refractivity (Wildman–Crippen MR) is 97.2 cm³/mol. The summed E-state index contributed by atoms with van der Waals surface area (Å²) in [7, 11) is 0. The van der Waals surface area contributed by atoms with Gasteiger partial charge >= 0.3 is 29.6 Å². The van der Waals surface area contributed by atoms with E-state index in [4.69, 9.17) is 4.79 Å². The molecule has 0 saturated carbocycles. The monoisotopic (exact) mass is 326 g/mol. The van der Waals surface area contributed by atoms with Crippen LogP contribution < -0.4 is 29.6 Å². The molecule has 0 atom stereocenters. The molecule has 2 aromatic rings. The maximum Gasteiger partial charge on any atom is 1.00 e. The van der Waals surface area contributed by atoms with Crippen LogP contribution in [0.4, 0.5) is 0 Å². The molecule has 22 heavy (non-hydrogen) atoms. The topological polar surface area (TPSA) is 17.1 Å². The van der Waals surface area contributed by atoms with Crippen LogP contribution in [0.15, 0.2) is 48.5 Å². The van der Waals surface area contributed by atoms with Gasteiger partial charge in [0.25, 0.3) is 0 Å². The normalized spacial score (nSPS) is 14.5. The maximum atomic E-state index is 8.00. The maximum absolute atomic E-state index is 8.00. The van der Waals surface area contributed by atoms with Gasteiger partial charge < -0.3 is 6.22 Å². The van der Waals surface area contributed by atoms with Gasteiger partial charge in [-0.3, -0.25) is 0 Å². The van der Waals surface area contributed by atoms with E-state index >= 15 is 0 Å². The van der Waals surface area contributed by atoms with E-state index in [-0.39, 0.29) is 31.0 Å². The van der Waals surface area contributed by atoms with Gasteiger partial charge in [0.05, 0.1) is 0 Å². The molecule has 2 aromatic carbocycles. The molecule has 0 aromatic heterocycles. The van der Waals surface area contributed by atoms with Gasteiger partial charge in [0.1, 0.15) is 6.79 Å². The van der Waals surface area contributed by atoms with Crippen molar-refractivity contribution in [2.45, 2.75) is 38.5 Å². The molecule has 1 fully saturated rings. The van der Waals surface area contributed by atoms with Crippen molar-refractivity contribution in [2.24, 2.45) is 0 Å². The molecule has 0 amide bonds. The third-order valence-electron chi connectivity index (χ3n) is 3.49. The van der Waals surface area contributed by atoms with Crippen LogP contribution in [0.2, 0.25) is 0 Å². The van der Waals surface area contributed by atoms with E-state index in [2.05, 4.69) is 60.3 Å². The van der Waals surface area contributed by atoms with Gasteiger partial charge in [0.2, 0.25) is 0 Å². The second-order valence-corrected chi connectivity index (χ2v) is 6.31. The standard InChI is InChI=1S/C10H8.C8H16S.CH2O.Na.H/c1-2-6-10-8-4-3-7-9(10)5-1;1-2-4-6-8-9-7-5-3-1;1-2;;/h1-8H;1-8H2;1H2;;/q;;;+1;-1. The Hall–Kier alpha value is -0.280. The zero-order valence-corrected chi connectivity index (χ0v) is 16.6. The van der Waals surface area contributed by atoms with Crippen LogP contribution >= 0.6 is 11.8 Å². The largest absolute Gasteiger partial charge is 1.00 e. The first-order valence-corrected chi connectivity index (χ1v) is 8.93. The van der Waals surface area contributed by atoms with Crippen LogP contribution in [0.25, 0.3) is 10.8 Å². The Morgan fingerprint density at radius 2 is 1.00 bits per heavy atom. The Morgan fingerprint density at radius 3 is 1.36 bits per heavy atom. The van der Waals surface area contributed by atoms with Crippen molar-refractivity contribution in [1.82, 2.24) is 0 Å². The Balaban J connectivity index is 0. The Labute approximate surface area is 163 Å². The van der Waals surface area contributed by atoms with Crippen molar-refractivity contribution >= 4 is 29.3 Å². The first kappa shape index (κ1) is 21.7. The zero-order chi connectivity index (χ0) is 15.2. The number of benzene rings is 2. The van der Waals surface area contributed by atoms with Gasteiger partial charge in [-0.15, -0.1) is 0 Å². The number of carbonyl (C=O) groups is 1. The van der Waals surface area contributed by atoms with Crippen molar-refractivity contribution in [3.05, 3.63) is 48.5 Å². The molecule has 0 radical (unpaired) electrons. The molecule has 1 saturated heterocycles. The summed E-state index contributed by atoms with van der Waals surface area (Å²) in [6.07, 6.45) is 8.86. The summed E-state index contributed by atoms with van der Waals surface area (Å²) in [6.45, 7) is 2.00. The van der Waals surface area contributed by atoms with E-state index in [1.807, 2.05) is 6.79 Å². The Kier molecular flexibility index (Phi) is 15.4. The molecule has 1 aliphatic heterocycles.